The maximum absolute atomic E-state index is 12.5. The molecule has 1 saturated heterocycles. The molecule has 5 heteroatoms. The number of hydrogen-bond acceptors (Lipinski definition) is 4. The number of nitrogens with zero attached hydrogens (tertiary/aromatic N) is 1. The quantitative estimate of drug-likeness (QED) is 0.873. The third kappa shape index (κ3) is 2.06. The zero-order valence-electron chi connectivity index (χ0n) is 10.3. The van der Waals surface area contributed by atoms with E-state index in [0.29, 0.717) is 0 Å². The predicted octanol–water partition coefficient (Wildman–Crippen LogP) is 2.91. The highest BCUT2D eigenvalue weighted by atomic mass is 32.1. The molecule has 0 radical (unpaired) electrons. The van der Waals surface area contributed by atoms with E-state index in [1.54, 1.807) is 22.7 Å². The van der Waals surface area contributed by atoms with Gasteiger partial charge in [-0.3, -0.25) is 4.79 Å². The Hall–Kier alpha value is -0.910. The maximum atomic E-state index is 12.5. The van der Waals surface area contributed by atoms with Crippen LogP contribution in [0, 0.1) is 0 Å². The monoisotopic (exact) mass is 280 g/mol. The van der Waals surface area contributed by atoms with E-state index in [1.165, 1.54) is 9.40 Å². The van der Waals surface area contributed by atoms with Crippen molar-refractivity contribution in [1.82, 2.24) is 4.90 Å². The molecule has 1 amide bonds. The molecule has 0 aliphatic carbocycles. The van der Waals surface area contributed by atoms with Crippen molar-refractivity contribution in [2.24, 2.45) is 5.73 Å². The van der Waals surface area contributed by atoms with E-state index in [-0.39, 0.29) is 18.0 Å². The lowest BCUT2D eigenvalue weighted by atomic mass is 9.99. The second-order valence-corrected chi connectivity index (χ2v) is 6.92. The Labute approximate surface area is 114 Å². The Balaban J connectivity index is 1.83. The summed E-state index contributed by atoms with van der Waals surface area (Å²) in [7, 11) is 0. The predicted molar refractivity (Wildman–Crippen MR) is 77.4 cm³/mol. The lowest BCUT2D eigenvalue weighted by molar-refractivity contribution is 0.0624. The van der Waals surface area contributed by atoms with Crippen molar-refractivity contribution >= 4 is 38.0 Å². The van der Waals surface area contributed by atoms with Gasteiger partial charge in [-0.1, -0.05) is 0 Å². The number of likely N-dealkylation sites (tertiary alicyclic amines) is 1. The number of rotatable bonds is 1. The number of nitrogens with two attached hydrogens (primary N) is 1. The van der Waals surface area contributed by atoms with Crippen molar-refractivity contribution in [1.29, 1.82) is 0 Å². The molecule has 18 heavy (non-hydrogen) atoms. The fourth-order valence-electron chi connectivity index (χ4n) is 2.52. The van der Waals surface area contributed by atoms with E-state index >= 15 is 0 Å². The van der Waals surface area contributed by atoms with Gasteiger partial charge in [0.15, 0.2) is 0 Å². The van der Waals surface area contributed by atoms with E-state index in [1.807, 2.05) is 11.0 Å². The zero-order chi connectivity index (χ0) is 12.7. The molecule has 3 rings (SSSR count). The van der Waals surface area contributed by atoms with Crippen LogP contribution >= 0.6 is 22.7 Å². The number of piperidine rings is 1. The van der Waals surface area contributed by atoms with Gasteiger partial charge >= 0.3 is 0 Å². The van der Waals surface area contributed by atoms with Crippen molar-refractivity contribution in [2.45, 2.75) is 31.8 Å². The number of thiophene rings is 2. The van der Waals surface area contributed by atoms with Crippen LogP contribution in [0.1, 0.15) is 29.4 Å². The lowest BCUT2D eigenvalue weighted by Gasteiger charge is -2.36. The standard InChI is InChI=1S/C13H16N2OS2/c1-8-6-9(14)2-4-15(8)13(16)12-7-11-10(18-12)3-5-17-11/h3,5,7-9H,2,4,6,14H2,1H3. The fraction of sp³-hybridized carbons (Fsp3) is 0.462. The molecule has 3 nitrogen and oxygen atoms in total. The van der Waals surface area contributed by atoms with Crippen molar-refractivity contribution < 1.29 is 4.79 Å². The highest BCUT2D eigenvalue weighted by Crippen LogP contribution is 2.31. The molecule has 0 spiro atoms. The molecular formula is C13H16N2OS2. The van der Waals surface area contributed by atoms with Crippen molar-refractivity contribution in [3.63, 3.8) is 0 Å². The largest absolute Gasteiger partial charge is 0.335 e. The topological polar surface area (TPSA) is 46.3 Å². The van der Waals surface area contributed by atoms with E-state index in [4.69, 9.17) is 5.73 Å². The third-order valence-electron chi connectivity index (χ3n) is 3.53. The lowest BCUT2D eigenvalue weighted by Crippen LogP contribution is -2.48. The van der Waals surface area contributed by atoms with E-state index in [9.17, 15) is 4.79 Å². The maximum Gasteiger partial charge on any atom is 0.264 e. The van der Waals surface area contributed by atoms with Crippen molar-refractivity contribution in [2.75, 3.05) is 6.54 Å². The van der Waals surface area contributed by atoms with Crippen molar-refractivity contribution in [3.05, 3.63) is 22.4 Å². The van der Waals surface area contributed by atoms with Crippen LogP contribution in [0.15, 0.2) is 17.5 Å². The van der Waals surface area contributed by atoms with E-state index in [2.05, 4.69) is 18.4 Å². The molecule has 2 unspecified atom stereocenters. The van der Waals surface area contributed by atoms with Gasteiger partial charge in [-0.05, 0) is 37.3 Å². The van der Waals surface area contributed by atoms with Gasteiger partial charge in [0.2, 0.25) is 0 Å². The second-order valence-electron chi connectivity index (χ2n) is 4.89. The molecule has 96 valence electrons. The van der Waals surface area contributed by atoms with Crippen LogP contribution in [-0.2, 0) is 0 Å². The normalized spacial score (nSPS) is 24.7. The van der Waals surface area contributed by atoms with E-state index in [0.717, 1.165) is 24.3 Å². The summed E-state index contributed by atoms with van der Waals surface area (Å²) in [5.41, 5.74) is 5.94. The van der Waals surface area contributed by atoms with Gasteiger partial charge in [0.25, 0.3) is 5.91 Å². The van der Waals surface area contributed by atoms with Crippen LogP contribution in [0.2, 0.25) is 0 Å². The van der Waals surface area contributed by atoms with Gasteiger partial charge in [-0.25, -0.2) is 0 Å². The highest BCUT2D eigenvalue weighted by Gasteiger charge is 2.28. The van der Waals surface area contributed by atoms with Gasteiger partial charge in [-0.15, -0.1) is 22.7 Å². The number of fused-ring (bicyclic) bond motifs is 1. The van der Waals surface area contributed by atoms with Crippen LogP contribution in [-0.4, -0.2) is 29.4 Å². The summed E-state index contributed by atoms with van der Waals surface area (Å²) in [4.78, 5) is 15.3. The summed E-state index contributed by atoms with van der Waals surface area (Å²) in [5, 5.41) is 2.07. The minimum atomic E-state index is 0.169. The van der Waals surface area contributed by atoms with Crippen LogP contribution < -0.4 is 5.73 Å². The summed E-state index contributed by atoms with van der Waals surface area (Å²) >= 11 is 3.29. The Morgan fingerprint density at radius 2 is 2.33 bits per heavy atom. The fourth-order valence-corrected chi connectivity index (χ4v) is 4.59. The van der Waals surface area contributed by atoms with E-state index < -0.39 is 0 Å². The second kappa shape index (κ2) is 4.64. The molecule has 0 aromatic carbocycles. The van der Waals surface area contributed by atoms with Gasteiger partial charge in [0, 0.05) is 28.0 Å². The average Bonchev–Trinajstić information content (AvgIpc) is 2.87. The minimum Gasteiger partial charge on any atom is -0.335 e. The first-order valence-corrected chi connectivity index (χ1v) is 7.88. The van der Waals surface area contributed by atoms with Crippen LogP contribution in [0.5, 0.6) is 0 Å². The Morgan fingerprint density at radius 3 is 3.06 bits per heavy atom. The molecule has 2 aromatic heterocycles. The summed E-state index contributed by atoms with van der Waals surface area (Å²) < 4.78 is 2.43. The SMILES string of the molecule is CC1CC(N)CCN1C(=O)c1cc2sccc2s1. The Kier molecular flexibility index (Phi) is 3.13. The number of carbonyl (C=O) groups is 1. The summed E-state index contributed by atoms with van der Waals surface area (Å²) in [6.45, 7) is 2.87. The smallest absolute Gasteiger partial charge is 0.264 e. The summed E-state index contributed by atoms with van der Waals surface area (Å²) in [6, 6.07) is 4.60. The third-order valence-corrected chi connectivity index (χ3v) is 5.61. The van der Waals surface area contributed by atoms with Gasteiger partial charge in [-0.2, -0.15) is 0 Å². The molecule has 1 fully saturated rings. The molecule has 1 aliphatic rings. The molecule has 1 aliphatic heterocycles. The summed E-state index contributed by atoms with van der Waals surface area (Å²) in [6.07, 6.45) is 1.82. The molecule has 0 bridgehead atoms. The number of carbonyl (C=O) groups excluding carboxylic acids is 1. The average molecular weight is 280 g/mol. The van der Waals surface area contributed by atoms with Crippen LogP contribution in [0.3, 0.4) is 0 Å². The molecular weight excluding hydrogens is 264 g/mol. The molecule has 2 aromatic rings. The zero-order valence-corrected chi connectivity index (χ0v) is 11.9. The molecule has 2 atom stereocenters. The molecule has 2 N–H and O–H groups in total. The first-order chi connectivity index (χ1) is 8.65. The van der Waals surface area contributed by atoms with Crippen molar-refractivity contribution in [3.8, 4) is 0 Å². The number of hydrogen-bond donors (Lipinski definition) is 1. The van der Waals surface area contributed by atoms with Gasteiger partial charge in [0.05, 0.1) is 4.88 Å². The summed E-state index contributed by atoms with van der Waals surface area (Å²) in [5.74, 6) is 0.169. The van der Waals surface area contributed by atoms with Gasteiger partial charge < -0.3 is 10.6 Å². The van der Waals surface area contributed by atoms with Gasteiger partial charge in [0.1, 0.15) is 0 Å². The Bertz CT molecular complexity index is 546. The molecule has 3 heterocycles. The first-order valence-electron chi connectivity index (χ1n) is 6.19. The van der Waals surface area contributed by atoms with Crippen LogP contribution in [0.4, 0.5) is 0 Å². The molecule has 0 saturated carbocycles. The first kappa shape index (κ1) is 12.1. The number of amides is 1. The highest BCUT2D eigenvalue weighted by molar-refractivity contribution is 7.27. The van der Waals surface area contributed by atoms with Crippen LogP contribution in [0.25, 0.3) is 9.40 Å². The Morgan fingerprint density at radius 1 is 1.50 bits per heavy atom. The minimum absolute atomic E-state index is 0.169.